The molecule has 2 heterocycles. The highest BCUT2D eigenvalue weighted by Gasteiger charge is 2.41. The molecule has 0 aromatic heterocycles. The summed E-state index contributed by atoms with van der Waals surface area (Å²) in [5.74, 6) is -0.156. The van der Waals surface area contributed by atoms with Gasteiger partial charge in [0.15, 0.2) is 0 Å². The van der Waals surface area contributed by atoms with Crippen LogP contribution in [0.1, 0.15) is 49.5 Å². The predicted molar refractivity (Wildman–Crippen MR) is 108 cm³/mol. The van der Waals surface area contributed by atoms with Gasteiger partial charge in [-0.05, 0) is 46.2 Å². The topological polar surface area (TPSA) is 60.9 Å². The van der Waals surface area contributed by atoms with Gasteiger partial charge in [-0.3, -0.25) is 14.4 Å². The fraction of sp³-hybridized carbons (Fsp3) is 0.591. The van der Waals surface area contributed by atoms with E-state index in [4.69, 9.17) is 0 Å². The molecule has 0 N–H and O–H groups in total. The second-order valence-corrected chi connectivity index (χ2v) is 8.91. The van der Waals surface area contributed by atoms with Crippen molar-refractivity contribution in [2.24, 2.45) is 5.92 Å². The molecule has 28 heavy (non-hydrogen) atoms. The average molecular weight is 386 g/mol. The molecule has 0 spiro atoms. The number of carbonyl (C=O) groups is 3. The summed E-state index contributed by atoms with van der Waals surface area (Å²) in [6.45, 7) is 10.8. The molecule has 0 bridgehead atoms. The smallest absolute Gasteiger partial charge is 0.253 e. The van der Waals surface area contributed by atoms with Crippen LogP contribution >= 0.6 is 0 Å². The molecule has 1 aromatic carbocycles. The zero-order valence-electron chi connectivity index (χ0n) is 17.4. The van der Waals surface area contributed by atoms with E-state index in [1.807, 2.05) is 61.8 Å². The Balaban J connectivity index is 1.60. The Morgan fingerprint density at radius 2 is 1.57 bits per heavy atom. The van der Waals surface area contributed by atoms with Gasteiger partial charge in [-0.2, -0.15) is 0 Å². The quantitative estimate of drug-likeness (QED) is 0.785. The maximum atomic E-state index is 13.0. The van der Waals surface area contributed by atoms with Crippen molar-refractivity contribution in [1.29, 1.82) is 0 Å². The zero-order chi connectivity index (χ0) is 20.5. The molecule has 152 valence electrons. The Labute approximate surface area is 167 Å². The number of amides is 3. The van der Waals surface area contributed by atoms with Gasteiger partial charge in [-0.25, -0.2) is 0 Å². The minimum absolute atomic E-state index is 0.0178. The molecule has 6 heteroatoms. The van der Waals surface area contributed by atoms with Crippen LogP contribution in [-0.4, -0.2) is 70.7 Å². The molecule has 3 amide bonds. The van der Waals surface area contributed by atoms with Crippen LogP contribution in [0.15, 0.2) is 24.3 Å². The van der Waals surface area contributed by atoms with Crippen molar-refractivity contribution >= 4 is 17.7 Å². The lowest BCUT2D eigenvalue weighted by atomic mass is 10.1. The van der Waals surface area contributed by atoms with Crippen molar-refractivity contribution in [3.8, 4) is 0 Å². The minimum Gasteiger partial charge on any atom is -0.341 e. The Hall–Kier alpha value is -2.37. The van der Waals surface area contributed by atoms with Gasteiger partial charge in [-0.1, -0.05) is 17.7 Å². The number of carbonyl (C=O) groups excluding carboxylic acids is 3. The number of rotatable bonds is 2. The van der Waals surface area contributed by atoms with E-state index in [0.717, 1.165) is 12.0 Å². The predicted octanol–water partition coefficient (Wildman–Crippen LogP) is 2.32. The molecule has 1 unspecified atom stereocenters. The van der Waals surface area contributed by atoms with E-state index < -0.39 is 0 Å². The van der Waals surface area contributed by atoms with E-state index >= 15 is 0 Å². The van der Waals surface area contributed by atoms with Gasteiger partial charge in [0, 0.05) is 50.2 Å². The summed E-state index contributed by atoms with van der Waals surface area (Å²) in [5, 5.41) is 0. The van der Waals surface area contributed by atoms with Crippen LogP contribution in [0.5, 0.6) is 0 Å². The van der Waals surface area contributed by atoms with Crippen molar-refractivity contribution in [3.63, 3.8) is 0 Å². The van der Waals surface area contributed by atoms with Gasteiger partial charge in [0.05, 0.1) is 5.92 Å². The molecule has 0 radical (unpaired) electrons. The molecule has 0 aliphatic carbocycles. The van der Waals surface area contributed by atoms with E-state index in [2.05, 4.69) is 0 Å². The number of hydrogen-bond acceptors (Lipinski definition) is 3. The molecule has 6 nitrogen and oxygen atoms in total. The maximum absolute atomic E-state index is 13.0. The highest BCUT2D eigenvalue weighted by molar-refractivity contribution is 5.94. The van der Waals surface area contributed by atoms with E-state index in [0.29, 0.717) is 44.7 Å². The molecule has 2 fully saturated rings. The summed E-state index contributed by atoms with van der Waals surface area (Å²) < 4.78 is 0. The lowest BCUT2D eigenvalue weighted by Gasteiger charge is -2.32. The van der Waals surface area contributed by atoms with Gasteiger partial charge in [0.1, 0.15) is 0 Å². The lowest BCUT2D eigenvalue weighted by Crippen LogP contribution is -2.44. The van der Waals surface area contributed by atoms with Gasteiger partial charge < -0.3 is 14.7 Å². The van der Waals surface area contributed by atoms with Crippen LogP contribution in [0, 0.1) is 12.8 Å². The first-order valence-electron chi connectivity index (χ1n) is 10.1. The fourth-order valence-corrected chi connectivity index (χ4v) is 4.00. The third kappa shape index (κ3) is 4.37. The molecular weight excluding hydrogens is 354 g/mol. The molecule has 3 rings (SSSR count). The summed E-state index contributed by atoms with van der Waals surface area (Å²) in [6.07, 6.45) is 1.05. The van der Waals surface area contributed by atoms with Crippen molar-refractivity contribution in [2.45, 2.75) is 46.1 Å². The summed E-state index contributed by atoms with van der Waals surface area (Å²) in [4.78, 5) is 43.6. The van der Waals surface area contributed by atoms with Crippen LogP contribution in [-0.2, 0) is 9.59 Å². The highest BCUT2D eigenvalue weighted by Crippen LogP contribution is 2.27. The van der Waals surface area contributed by atoms with Crippen LogP contribution < -0.4 is 0 Å². The lowest BCUT2D eigenvalue weighted by molar-refractivity contribution is -0.135. The second-order valence-electron chi connectivity index (χ2n) is 8.91. The monoisotopic (exact) mass is 385 g/mol. The molecule has 2 aliphatic rings. The van der Waals surface area contributed by atoms with E-state index in [1.54, 1.807) is 4.90 Å². The number of benzene rings is 1. The highest BCUT2D eigenvalue weighted by atomic mass is 16.2. The summed E-state index contributed by atoms with van der Waals surface area (Å²) >= 11 is 0. The average Bonchev–Trinajstić information content (AvgIpc) is 2.88. The third-order valence-corrected chi connectivity index (χ3v) is 5.68. The van der Waals surface area contributed by atoms with E-state index in [9.17, 15) is 14.4 Å². The standard InChI is InChI=1S/C22H31N3O3/c1-16-6-8-17(9-7-16)20(27)23-10-5-11-24(13-12-23)21(28)18-14-19(26)25(15-18)22(2,3)4/h6-9,18H,5,10-15H2,1-4H3. The normalized spacial score (nSPS) is 21.1. The first kappa shape index (κ1) is 20.4. The summed E-state index contributed by atoms with van der Waals surface area (Å²) in [7, 11) is 0. The van der Waals surface area contributed by atoms with Crippen molar-refractivity contribution in [2.75, 3.05) is 32.7 Å². The molecule has 1 aromatic rings. The summed E-state index contributed by atoms with van der Waals surface area (Å²) in [5.41, 5.74) is 1.55. The van der Waals surface area contributed by atoms with Crippen LogP contribution in [0.2, 0.25) is 0 Å². The maximum Gasteiger partial charge on any atom is 0.253 e. The molecular formula is C22H31N3O3. The third-order valence-electron chi connectivity index (χ3n) is 5.68. The van der Waals surface area contributed by atoms with Crippen LogP contribution in [0.3, 0.4) is 0 Å². The SMILES string of the molecule is Cc1ccc(C(=O)N2CCCN(C(=O)C3CC(=O)N(C(C)(C)C)C3)CC2)cc1. The van der Waals surface area contributed by atoms with E-state index in [1.165, 1.54) is 0 Å². The Morgan fingerprint density at radius 1 is 0.964 bits per heavy atom. The van der Waals surface area contributed by atoms with E-state index in [-0.39, 0.29) is 29.2 Å². The van der Waals surface area contributed by atoms with Crippen molar-refractivity contribution in [1.82, 2.24) is 14.7 Å². The van der Waals surface area contributed by atoms with Gasteiger partial charge in [0.2, 0.25) is 11.8 Å². The Kier molecular flexibility index (Phi) is 5.77. The van der Waals surface area contributed by atoms with Gasteiger partial charge in [-0.15, -0.1) is 0 Å². The summed E-state index contributed by atoms with van der Waals surface area (Å²) in [6, 6.07) is 7.60. The molecule has 2 aliphatic heterocycles. The first-order valence-corrected chi connectivity index (χ1v) is 10.1. The largest absolute Gasteiger partial charge is 0.341 e. The number of hydrogen-bond donors (Lipinski definition) is 0. The minimum atomic E-state index is -0.272. The molecule has 2 saturated heterocycles. The second kappa shape index (κ2) is 7.94. The molecule has 1 atom stereocenters. The van der Waals surface area contributed by atoms with Crippen molar-refractivity contribution in [3.05, 3.63) is 35.4 Å². The number of aryl methyl sites for hydroxylation is 1. The van der Waals surface area contributed by atoms with Crippen LogP contribution in [0.25, 0.3) is 0 Å². The Morgan fingerprint density at radius 3 is 2.18 bits per heavy atom. The van der Waals surface area contributed by atoms with Crippen molar-refractivity contribution < 1.29 is 14.4 Å². The zero-order valence-corrected chi connectivity index (χ0v) is 17.4. The van der Waals surface area contributed by atoms with Gasteiger partial charge in [0.25, 0.3) is 5.91 Å². The fourth-order valence-electron chi connectivity index (χ4n) is 4.00. The van der Waals surface area contributed by atoms with Gasteiger partial charge >= 0.3 is 0 Å². The molecule has 0 saturated carbocycles. The van der Waals surface area contributed by atoms with Crippen LogP contribution in [0.4, 0.5) is 0 Å². The number of nitrogens with zero attached hydrogens (tertiary/aromatic N) is 3. The first-order chi connectivity index (χ1) is 13.2. The Bertz CT molecular complexity index is 751. The number of likely N-dealkylation sites (tertiary alicyclic amines) is 1.